The van der Waals surface area contributed by atoms with Crippen molar-refractivity contribution in [2.45, 2.75) is 6.92 Å². The third-order valence-electron chi connectivity index (χ3n) is 2.09. The number of pyridine rings is 1. The van der Waals surface area contributed by atoms with E-state index >= 15 is 0 Å². The summed E-state index contributed by atoms with van der Waals surface area (Å²) in [6.07, 6.45) is 1.56. The van der Waals surface area contributed by atoms with Crippen LogP contribution in [0.4, 0.5) is 10.6 Å². The molecule has 0 aliphatic carbocycles. The Balaban J connectivity index is 2.45. The minimum Gasteiger partial charge on any atom is -0.370 e. The molecule has 0 spiro atoms. The SMILES string of the molecule is CCNc1cc(C(=O)NCCNC(N)=O)ccn1. The summed E-state index contributed by atoms with van der Waals surface area (Å²) in [6.45, 7) is 3.30. The van der Waals surface area contributed by atoms with E-state index in [-0.39, 0.29) is 5.91 Å². The first-order valence-electron chi connectivity index (χ1n) is 5.65. The highest BCUT2D eigenvalue weighted by Crippen LogP contribution is 2.05. The van der Waals surface area contributed by atoms with Crippen molar-refractivity contribution in [3.63, 3.8) is 0 Å². The van der Waals surface area contributed by atoms with Gasteiger partial charge in [0.25, 0.3) is 5.91 Å². The molecule has 1 aromatic rings. The number of hydrogen-bond donors (Lipinski definition) is 4. The summed E-state index contributed by atoms with van der Waals surface area (Å²) in [5, 5.41) is 8.06. The van der Waals surface area contributed by atoms with Crippen LogP contribution in [0.1, 0.15) is 17.3 Å². The Labute approximate surface area is 105 Å². The lowest BCUT2D eigenvalue weighted by molar-refractivity contribution is 0.0954. The van der Waals surface area contributed by atoms with E-state index in [1.165, 1.54) is 0 Å². The van der Waals surface area contributed by atoms with Gasteiger partial charge in [0.1, 0.15) is 5.82 Å². The molecule has 0 bridgehead atoms. The highest BCUT2D eigenvalue weighted by molar-refractivity contribution is 5.94. The first-order chi connectivity index (χ1) is 8.63. The Bertz CT molecular complexity index is 422. The molecule has 98 valence electrons. The molecule has 1 aromatic heterocycles. The molecule has 0 aliphatic heterocycles. The predicted molar refractivity (Wildman–Crippen MR) is 68.3 cm³/mol. The molecule has 0 radical (unpaired) electrons. The molecule has 0 unspecified atom stereocenters. The van der Waals surface area contributed by atoms with E-state index in [1.54, 1.807) is 18.3 Å². The number of rotatable bonds is 6. The molecular formula is C11H17N5O2. The Kier molecular flexibility index (Phi) is 5.43. The maximum atomic E-state index is 11.7. The summed E-state index contributed by atoms with van der Waals surface area (Å²) in [5.41, 5.74) is 5.41. The van der Waals surface area contributed by atoms with Gasteiger partial charge in [-0.05, 0) is 19.1 Å². The summed E-state index contributed by atoms with van der Waals surface area (Å²) in [4.78, 5) is 26.2. The molecule has 7 heteroatoms. The number of nitrogens with one attached hydrogen (secondary N) is 3. The van der Waals surface area contributed by atoms with E-state index < -0.39 is 6.03 Å². The summed E-state index contributed by atoms with van der Waals surface area (Å²) in [6, 6.07) is 2.68. The fraction of sp³-hybridized carbons (Fsp3) is 0.364. The number of primary amides is 1. The van der Waals surface area contributed by atoms with E-state index in [0.717, 1.165) is 6.54 Å². The highest BCUT2D eigenvalue weighted by Gasteiger charge is 2.05. The van der Waals surface area contributed by atoms with E-state index in [4.69, 9.17) is 5.73 Å². The Morgan fingerprint density at radius 2 is 2.06 bits per heavy atom. The molecule has 1 rings (SSSR count). The second-order valence-electron chi connectivity index (χ2n) is 3.51. The van der Waals surface area contributed by atoms with Crippen LogP contribution in [0.3, 0.4) is 0 Å². The Morgan fingerprint density at radius 3 is 2.72 bits per heavy atom. The molecule has 0 saturated carbocycles. The van der Waals surface area contributed by atoms with Crippen LogP contribution in [0.5, 0.6) is 0 Å². The molecule has 0 atom stereocenters. The summed E-state index contributed by atoms with van der Waals surface area (Å²) in [5.74, 6) is 0.434. The van der Waals surface area contributed by atoms with Crippen molar-refractivity contribution in [2.75, 3.05) is 25.0 Å². The molecule has 0 aromatic carbocycles. The maximum Gasteiger partial charge on any atom is 0.312 e. The molecule has 0 aliphatic rings. The van der Waals surface area contributed by atoms with E-state index in [9.17, 15) is 9.59 Å². The van der Waals surface area contributed by atoms with Crippen molar-refractivity contribution in [1.82, 2.24) is 15.6 Å². The van der Waals surface area contributed by atoms with Crippen LogP contribution in [0.25, 0.3) is 0 Å². The predicted octanol–water partition coefficient (Wildman–Crippen LogP) is -0.0885. The van der Waals surface area contributed by atoms with Gasteiger partial charge < -0.3 is 21.7 Å². The van der Waals surface area contributed by atoms with Gasteiger partial charge in [0.15, 0.2) is 0 Å². The summed E-state index contributed by atoms with van der Waals surface area (Å²) in [7, 11) is 0. The smallest absolute Gasteiger partial charge is 0.312 e. The van der Waals surface area contributed by atoms with Gasteiger partial charge in [-0.25, -0.2) is 9.78 Å². The number of amides is 3. The van der Waals surface area contributed by atoms with Crippen LogP contribution in [0.2, 0.25) is 0 Å². The molecule has 3 amide bonds. The maximum absolute atomic E-state index is 11.7. The quantitative estimate of drug-likeness (QED) is 0.530. The Morgan fingerprint density at radius 1 is 1.33 bits per heavy atom. The lowest BCUT2D eigenvalue weighted by atomic mass is 10.2. The fourth-order valence-corrected chi connectivity index (χ4v) is 1.31. The minimum absolute atomic E-state index is 0.220. The lowest BCUT2D eigenvalue weighted by Gasteiger charge is -2.07. The zero-order chi connectivity index (χ0) is 13.4. The number of hydrogen-bond acceptors (Lipinski definition) is 4. The number of carbonyl (C=O) groups excluding carboxylic acids is 2. The second-order valence-corrected chi connectivity index (χ2v) is 3.51. The first kappa shape index (κ1) is 13.8. The average molecular weight is 251 g/mol. The van der Waals surface area contributed by atoms with Crippen LogP contribution >= 0.6 is 0 Å². The van der Waals surface area contributed by atoms with Crippen LogP contribution in [0.15, 0.2) is 18.3 Å². The number of aromatic nitrogens is 1. The zero-order valence-electron chi connectivity index (χ0n) is 10.2. The van der Waals surface area contributed by atoms with Crippen molar-refractivity contribution in [3.05, 3.63) is 23.9 Å². The van der Waals surface area contributed by atoms with Crippen molar-refractivity contribution >= 4 is 17.8 Å². The summed E-state index contributed by atoms with van der Waals surface area (Å²) >= 11 is 0. The van der Waals surface area contributed by atoms with E-state index in [1.807, 2.05) is 6.92 Å². The molecule has 1 heterocycles. The monoisotopic (exact) mass is 251 g/mol. The molecule has 0 saturated heterocycles. The van der Waals surface area contributed by atoms with Crippen molar-refractivity contribution in [1.29, 1.82) is 0 Å². The number of anilines is 1. The summed E-state index contributed by atoms with van der Waals surface area (Å²) < 4.78 is 0. The standard InChI is InChI=1S/C11H17N5O2/c1-2-13-9-7-8(3-4-14-9)10(17)15-5-6-16-11(12)18/h3-4,7H,2,5-6H2,1H3,(H,13,14)(H,15,17)(H3,12,16,18). The van der Waals surface area contributed by atoms with Gasteiger partial charge in [0.05, 0.1) is 0 Å². The molecule has 7 nitrogen and oxygen atoms in total. The van der Waals surface area contributed by atoms with Crippen molar-refractivity contribution in [2.24, 2.45) is 5.73 Å². The van der Waals surface area contributed by atoms with Gasteiger partial charge in [-0.3, -0.25) is 4.79 Å². The lowest BCUT2D eigenvalue weighted by Crippen LogP contribution is -2.37. The molecule has 0 fully saturated rings. The number of urea groups is 1. The number of nitrogens with two attached hydrogens (primary N) is 1. The number of carbonyl (C=O) groups is 2. The first-order valence-corrected chi connectivity index (χ1v) is 5.65. The fourth-order valence-electron chi connectivity index (χ4n) is 1.31. The van der Waals surface area contributed by atoms with E-state index in [2.05, 4.69) is 20.9 Å². The van der Waals surface area contributed by atoms with Gasteiger partial charge in [0, 0.05) is 31.4 Å². The molecule has 18 heavy (non-hydrogen) atoms. The largest absolute Gasteiger partial charge is 0.370 e. The Hall–Kier alpha value is -2.31. The zero-order valence-corrected chi connectivity index (χ0v) is 10.2. The van der Waals surface area contributed by atoms with Crippen LogP contribution < -0.4 is 21.7 Å². The molecular weight excluding hydrogens is 234 g/mol. The highest BCUT2D eigenvalue weighted by atomic mass is 16.2. The van der Waals surface area contributed by atoms with Crippen LogP contribution in [-0.2, 0) is 0 Å². The van der Waals surface area contributed by atoms with Crippen molar-refractivity contribution < 1.29 is 9.59 Å². The second kappa shape index (κ2) is 7.10. The van der Waals surface area contributed by atoms with Gasteiger partial charge >= 0.3 is 6.03 Å². The van der Waals surface area contributed by atoms with Crippen LogP contribution in [-0.4, -0.2) is 36.6 Å². The average Bonchev–Trinajstić information content (AvgIpc) is 2.35. The van der Waals surface area contributed by atoms with Gasteiger partial charge in [0.2, 0.25) is 0 Å². The van der Waals surface area contributed by atoms with Crippen LogP contribution in [0, 0.1) is 0 Å². The topological polar surface area (TPSA) is 109 Å². The molecule has 5 N–H and O–H groups in total. The van der Waals surface area contributed by atoms with Gasteiger partial charge in [-0.1, -0.05) is 0 Å². The van der Waals surface area contributed by atoms with Crippen molar-refractivity contribution in [3.8, 4) is 0 Å². The normalized spacial score (nSPS) is 9.61. The van der Waals surface area contributed by atoms with Gasteiger partial charge in [-0.15, -0.1) is 0 Å². The van der Waals surface area contributed by atoms with E-state index in [0.29, 0.717) is 24.5 Å². The third-order valence-corrected chi connectivity index (χ3v) is 2.09. The third kappa shape index (κ3) is 4.69. The van der Waals surface area contributed by atoms with Gasteiger partial charge in [-0.2, -0.15) is 0 Å². The minimum atomic E-state index is -0.609. The number of nitrogens with zero attached hydrogens (tertiary/aromatic N) is 1.